The molecule has 2 N–H and O–H groups in total. The Morgan fingerprint density at radius 1 is 1.64 bits per heavy atom. The molecule has 1 aromatic heterocycles. The van der Waals surface area contributed by atoms with Crippen molar-refractivity contribution < 1.29 is 9.53 Å². The van der Waals surface area contributed by atoms with Crippen molar-refractivity contribution in [1.29, 1.82) is 0 Å². The Hall–Kier alpha value is -1.58. The van der Waals surface area contributed by atoms with Crippen molar-refractivity contribution in [2.45, 2.75) is 6.92 Å². The van der Waals surface area contributed by atoms with Crippen molar-refractivity contribution in [3.05, 3.63) is 24.0 Å². The first-order chi connectivity index (χ1) is 5.18. The lowest BCUT2D eigenvalue weighted by molar-refractivity contribution is 0.210. The van der Waals surface area contributed by atoms with E-state index in [1.807, 2.05) is 6.92 Å². The molecule has 0 aliphatic rings. The number of aryl methyl sites for hydroxylation is 1. The molecule has 4 heteroatoms. The van der Waals surface area contributed by atoms with Crippen LogP contribution in [0.1, 0.15) is 5.56 Å². The summed E-state index contributed by atoms with van der Waals surface area (Å²) < 4.78 is 4.57. The molecule has 0 fully saturated rings. The summed E-state index contributed by atoms with van der Waals surface area (Å²) in [7, 11) is 0. The van der Waals surface area contributed by atoms with Gasteiger partial charge in [0.1, 0.15) is 0 Å². The number of amides is 1. The second kappa shape index (κ2) is 3.01. The van der Waals surface area contributed by atoms with Gasteiger partial charge in [0.2, 0.25) is 0 Å². The van der Waals surface area contributed by atoms with Crippen LogP contribution in [0.4, 0.5) is 4.79 Å². The maximum Gasteiger partial charge on any atom is 0.410 e. The van der Waals surface area contributed by atoms with E-state index in [4.69, 9.17) is 5.73 Å². The zero-order chi connectivity index (χ0) is 8.27. The SMILES string of the molecule is Cc1cncc(OC(N)=O)c1. The molecule has 0 aliphatic carbocycles. The highest BCUT2D eigenvalue weighted by Gasteiger charge is 1.97. The van der Waals surface area contributed by atoms with Crippen LogP contribution in [0.15, 0.2) is 18.5 Å². The number of carbonyl (C=O) groups is 1. The number of carbonyl (C=O) groups excluding carboxylic acids is 1. The second-order valence-electron chi connectivity index (χ2n) is 2.12. The molecular weight excluding hydrogens is 144 g/mol. The number of aromatic nitrogens is 1. The fourth-order valence-electron chi connectivity index (χ4n) is 0.699. The van der Waals surface area contributed by atoms with Crippen molar-refractivity contribution in [2.24, 2.45) is 5.73 Å². The summed E-state index contributed by atoms with van der Waals surface area (Å²) in [6.07, 6.45) is 2.27. The van der Waals surface area contributed by atoms with Gasteiger partial charge in [-0.05, 0) is 18.6 Å². The molecule has 0 spiro atoms. The lowest BCUT2D eigenvalue weighted by Crippen LogP contribution is -2.16. The normalized spacial score (nSPS) is 9.18. The first kappa shape index (κ1) is 7.53. The maximum atomic E-state index is 10.3. The number of hydrogen-bond acceptors (Lipinski definition) is 3. The highest BCUT2D eigenvalue weighted by Crippen LogP contribution is 2.09. The molecule has 11 heavy (non-hydrogen) atoms. The third-order valence-electron chi connectivity index (χ3n) is 1.07. The molecular formula is C7H8N2O2. The van der Waals surface area contributed by atoms with Gasteiger partial charge in [-0.1, -0.05) is 0 Å². The van der Waals surface area contributed by atoms with E-state index in [1.165, 1.54) is 6.20 Å². The quantitative estimate of drug-likeness (QED) is 0.648. The van der Waals surface area contributed by atoms with E-state index >= 15 is 0 Å². The van der Waals surface area contributed by atoms with Gasteiger partial charge in [-0.2, -0.15) is 0 Å². The zero-order valence-corrected chi connectivity index (χ0v) is 6.07. The molecule has 0 saturated heterocycles. The molecule has 1 aromatic rings. The topological polar surface area (TPSA) is 65.2 Å². The molecule has 0 saturated carbocycles. The lowest BCUT2D eigenvalue weighted by atomic mass is 10.3. The van der Waals surface area contributed by atoms with Gasteiger partial charge >= 0.3 is 6.09 Å². The van der Waals surface area contributed by atoms with Crippen LogP contribution in [-0.4, -0.2) is 11.1 Å². The Kier molecular flexibility index (Phi) is 2.06. The fourth-order valence-corrected chi connectivity index (χ4v) is 0.699. The summed E-state index contributed by atoms with van der Waals surface area (Å²) in [5, 5.41) is 0. The summed E-state index contributed by atoms with van der Waals surface area (Å²) in [6, 6.07) is 1.68. The average Bonchev–Trinajstić information content (AvgIpc) is 1.85. The van der Waals surface area contributed by atoms with Crippen LogP contribution in [-0.2, 0) is 0 Å². The van der Waals surface area contributed by atoms with Gasteiger partial charge in [0.05, 0.1) is 6.20 Å². The molecule has 0 aromatic carbocycles. The van der Waals surface area contributed by atoms with E-state index in [0.29, 0.717) is 5.75 Å². The van der Waals surface area contributed by atoms with Gasteiger partial charge in [0.25, 0.3) is 0 Å². The Morgan fingerprint density at radius 3 is 2.91 bits per heavy atom. The van der Waals surface area contributed by atoms with Gasteiger partial charge in [-0.3, -0.25) is 4.98 Å². The van der Waals surface area contributed by atoms with Gasteiger partial charge < -0.3 is 10.5 Å². The number of nitrogens with zero attached hydrogens (tertiary/aromatic N) is 1. The second-order valence-corrected chi connectivity index (χ2v) is 2.12. The van der Waals surface area contributed by atoms with Crippen molar-refractivity contribution in [1.82, 2.24) is 4.98 Å². The van der Waals surface area contributed by atoms with Crippen LogP contribution >= 0.6 is 0 Å². The van der Waals surface area contributed by atoms with E-state index < -0.39 is 6.09 Å². The van der Waals surface area contributed by atoms with Crippen molar-refractivity contribution in [3.8, 4) is 5.75 Å². The van der Waals surface area contributed by atoms with Crippen LogP contribution in [0.2, 0.25) is 0 Å². The van der Waals surface area contributed by atoms with Crippen molar-refractivity contribution in [3.63, 3.8) is 0 Å². The maximum absolute atomic E-state index is 10.3. The van der Waals surface area contributed by atoms with Crippen LogP contribution in [0, 0.1) is 6.92 Å². The van der Waals surface area contributed by atoms with Crippen molar-refractivity contribution in [2.75, 3.05) is 0 Å². The fraction of sp³-hybridized carbons (Fsp3) is 0.143. The van der Waals surface area contributed by atoms with Gasteiger partial charge in [-0.25, -0.2) is 4.79 Å². The van der Waals surface area contributed by atoms with E-state index in [9.17, 15) is 4.79 Å². The molecule has 4 nitrogen and oxygen atoms in total. The minimum atomic E-state index is -0.822. The first-order valence-electron chi connectivity index (χ1n) is 3.07. The molecule has 58 valence electrons. The summed E-state index contributed by atoms with van der Waals surface area (Å²) in [5.41, 5.74) is 5.71. The molecule has 1 rings (SSSR count). The Balaban J connectivity index is 2.79. The third-order valence-corrected chi connectivity index (χ3v) is 1.07. The molecule has 0 atom stereocenters. The highest BCUT2D eigenvalue weighted by atomic mass is 16.5. The third kappa shape index (κ3) is 2.25. The number of primary amides is 1. The standard InChI is InChI=1S/C7H8N2O2/c1-5-2-6(4-9-3-5)11-7(8)10/h2-4H,1H3,(H2,8,10). The lowest BCUT2D eigenvalue weighted by Gasteiger charge is -1.99. The predicted octanol–water partition coefficient (Wildman–Crippen LogP) is 0.848. The molecule has 1 heterocycles. The van der Waals surface area contributed by atoms with E-state index in [-0.39, 0.29) is 0 Å². The summed E-state index contributed by atoms with van der Waals surface area (Å²) >= 11 is 0. The predicted molar refractivity (Wildman–Crippen MR) is 39.2 cm³/mol. The van der Waals surface area contributed by atoms with E-state index in [1.54, 1.807) is 12.3 Å². The van der Waals surface area contributed by atoms with Crippen LogP contribution < -0.4 is 10.5 Å². The Labute approximate surface area is 64.0 Å². The number of pyridine rings is 1. The number of rotatable bonds is 1. The number of nitrogens with two attached hydrogens (primary N) is 1. The summed E-state index contributed by atoms with van der Waals surface area (Å²) in [5.74, 6) is 0.373. The summed E-state index contributed by atoms with van der Waals surface area (Å²) in [6.45, 7) is 1.85. The zero-order valence-electron chi connectivity index (χ0n) is 6.07. The molecule has 0 unspecified atom stereocenters. The number of hydrogen-bond donors (Lipinski definition) is 1. The van der Waals surface area contributed by atoms with Gasteiger partial charge in [0, 0.05) is 6.20 Å². The smallest absolute Gasteiger partial charge is 0.409 e. The molecule has 1 amide bonds. The largest absolute Gasteiger partial charge is 0.410 e. The van der Waals surface area contributed by atoms with Gasteiger partial charge in [-0.15, -0.1) is 0 Å². The van der Waals surface area contributed by atoms with Crippen LogP contribution in [0.25, 0.3) is 0 Å². The molecule has 0 aliphatic heterocycles. The molecule has 0 bridgehead atoms. The van der Waals surface area contributed by atoms with Crippen molar-refractivity contribution >= 4 is 6.09 Å². The highest BCUT2D eigenvalue weighted by molar-refractivity contribution is 5.67. The monoisotopic (exact) mass is 152 g/mol. The van der Waals surface area contributed by atoms with Gasteiger partial charge in [0.15, 0.2) is 5.75 Å². The number of ether oxygens (including phenoxy) is 1. The summed E-state index contributed by atoms with van der Waals surface area (Å²) in [4.78, 5) is 14.1. The average molecular weight is 152 g/mol. The first-order valence-corrected chi connectivity index (χ1v) is 3.07. The minimum absolute atomic E-state index is 0.373. The van der Waals surface area contributed by atoms with E-state index in [0.717, 1.165) is 5.56 Å². The van der Waals surface area contributed by atoms with E-state index in [2.05, 4.69) is 9.72 Å². The van der Waals surface area contributed by atoms with Crippen LogP contribution in [0.3, 0.4) is 0 Å². The molecule has 0 radical (unpaired) electrons. The Bertz CT molecular complexity index is 273. The Morgan fingerprint density at radius 2 is 2.36 bits per heavy atom. The minimum Gasteiger partial charge on any atom is -0.409 e. The van der Waals surface area contributed by atoms with Crippen LogP contribution in [0.5, 0.6) is 5.75 Å².